The largest absolute Gasteiger partial charge is 0.491 e. The van der Waals surface area contributed by atoms with Crippen LogP contribution in [0.25, 0.3) is 11.0 Å². The number of carbonyl (C=O) groups excluding carboxylic acids is 1. The van der Waals surface area contributed by atoms with Crippen molar-refractivity contribution in [3.05, 3.63) is 124 Å². The molecule has 84 heavy (non-hydrogen) atoms. The number of nitrogens with one attached hydrogen (secondary N) is 3. The van der Waals surface area contributed by atoms with E-state index in [4.69, 9.17) is 28.7 Å². The Morgan fingerprint density at radius 2 is 1.70 bits per heavy atom. The molecule has 3 atom stereocenters. The van der Waals surface area contributed by atoms with Gasteiger partial charge >= 0.3 is 0 Å². The number of hydrogen-bond acceptors (Lipinski definition) is 17. The molecule has 4 aromatic carbocycles. The normalized spacial score (nSPS) is 24.4. The van der Waals surface area contributed by atoms with Crippen LogP contribution in [0.2, 0.25) is 0 Å². The molecule has 2 aliphatic carbocycles. The van der Waals surface area contributed by atoms with Crippen molar-refractivity contribution in [1.82, 2.24) is 24.5 Å². The van der Waals surface area contributed by atoms with Crippen LogP contribution in [0.15, 0.2) is 102 Å². The topological polar surface area (TPSA) is 226 Å². The SMILES string of the molecule is CC(C)Oc1ccccc1[C@H]1CN(Cc2ccc3c(c2)OCCO3)CCN1C1CC2(CCN(c3ccc(C(=O)NS(=O)(=O)c4ccc(NCC5CCC(C)(O)CC5)c([N+](=O)[O-])c4)c(N4c5cc6cc[nH]c6nc5O[C@H]5COCC[C@@H]54)c3)CC2)C1. The Morgan fingerprint density at radius 3 is 2.50 bits per heavy atom. The molecule has 7 heterocycles. The van der Waals surface area contributed by atoms with Crippen LogP contribution in [-0.2, 0) is 21.3 Å². The average Bonchev–Trinajstić information content (AvgIpc) is 1.94. The number of anilines is 4. The lowest BCUT2D eigenvalue weighted by Gasteiger charge is -2.58. The molecule has 20 nitrogen and oxygen atoms in total. The summed E-state index contributed by atoms with van der Waals surface area (Å²) < 4.78 is 61.7. The lowest BCUT2D eigenvalue weighted by atomic mass is 9.59. The molecule has 5 aliphatic heterocycles. The van der Waals surface area contributed by atoms with Crippen LogP contribution in [0.1, 0.15) is 106 Å². The Kier molecular flexibility index (Phi) is 15.1. The number of para-hydroxylation sites is 1. The molecule has 6 aromatic rings. The minimum atomic E-state index is -4.65. The fourth-order valence-corrected chi connectivity index (χ4v) is 15.1. The number of fused-ring (bicyclic) bond motifs is 4. The van der Waals surface area contributed by atoms with Crippen molar-refractivity contribution >= 4 is 55.4 Å². The second kappa shape index (κ2) is 22.7. The first-order valence-electron chi connectivity index (χ1n) is 29.9. The van der Waals surface area contributed by atoms with Crippen LogP contribution in [-0.4, -0.2) is 140 Å². The number of aromatic nitrogens is 2. The maximum Gasteiger partial charge on any atom is 0.293 e. The summed E-state index contributed by atoms with van der Waals surface area (Å²) in [4.78, 5) is 44.1. The molecule has 13 rings (SSSR count). The lowest BCUT2D eigenvalue weighted by molar-refractivity contribution is -0.384. The highest BCUT2D eigenvalue weighted by molar-refractivity contribution is 7.90. The molecule has 0 radical (unpaired) electrons. The number of H-pyrrole nitrogens is 1. The van der Waals surface area contributed by atoms with Crippen LogP contribution in [0.4, 0.5) is 28.4 Å². The first-order valence-corrected chi connectivity index (χ1v) is 31.4. The number of nitro groups is 1. The van der Waals surface area contributed by atoms with E-state index in [1.165, 1.54) is 23.3 Å². The molecule has 7 aliphatic rings. The molecule has 1 spiro atoms. The van der Waals surface area contributed by atoms with Crippen LogP contribution >= 0.6 is 0 Å². The molecule has 1 amide bonds. The maximum absolute atomic E-state index is 14.9. The Balaban J connectivity index is 0.752. The number of hydrogen-bond donors (Lipinski definition) is 4. The van der Waals surface area contributed by atoms with E-state index in [0.29, 0.717) is 74.6 Å². The number of ether oxygens (including phenoxy) is 5. The number of piperidine rings is 1. The number of aromatic amines is 1. The summed E-state index contributed by atoms with van der Waals surface area (Å²) in [5, 5.41) is 26.9. The van der Waals surface area contributed by atoms with Gasteiger partial charge in [0, 0.05) is 87.4 Å². The van der Waals surface area contributed by atoms with Gasteiger partial charge in [-0.2, -0.15) is 4.98 Å². The van der Waals surface area contributed by atoms with Gasteiger partial charge in [-0.05, 0) is 156 Å². The molecule has 3 saturated heterocycles. The Morgan fingerprint density at radius 1 is 0.905 bits per heavy atom. The Hall–Kier alpha value is -7.17. The standard InChI is InChI=1S/C63H75N9O11S/c1-40(2)82-55-7-5-4-6-47(55)54-38-68(37-42-8-13-56-57(30-42)81-29-28-80-56)25-26-70(54)45-34-63(35-45)20-23-69(24-21-63)44-9-11-48(51(32-44)71-50-17-27-79-39-58(50)83-61-53(71)31-43-16-22-64-59(43)66-61)60(73)67-84(77,78)46-10-12-49(52(33-46)72(75)76)65-36-41-14-18-62(3,74)19-15-41/h4-13,16,22,30-33,40-41,45,50,54,58,65,74H,14-15,17-21,23-29,34-39H2,1-3H3,(H,64,66)(H,67,73)/t41?,50-,54+,58-,62?/m0/s1. The van der Waals surface area contributed by atoms with Gasteiger partial charge in [-0.15, -0.1) is 0 Å². The molecule has 0 bridgehead atoms. The molecular formula is C63H75N9O11S. The van der Waals surface area contributed by atoms with Crippen molar-refractivity contribution in [3.8, 4) is 23.1 Å². The smallest absolute Gasteiger partial charge is 0.293 e. The van der Waals surface area contributed by atoms with E-state index in [1.54, 1.807) is 6.07 Å². The summed E-state index contributed by atoms with van der Waals surface area (Å²) in [7, 11) is -4.65. The van der Waals surface area contributed by atoms with E-state index in [0.717, 1.165) is 112 Å². The van der Waals surface area contributed by atoms with Crippen molar-refractivity contribution in [2.75, 3.05) is 80.8 Å². The second-order valence-corrected chi connectivity index (χ2v) is 26.5. The third-order valence-electron chi connectivity index (χ3n) is 18.7. The first-order chi connectivity index (χ1) is 40.5. The molecule has 444 valence electrons. The molecule has 2 saturated carbocycles. The summed E-state index contributed by atoms with van der Waals surface area (Å²) in [6, 6.07) is 28.2. The van der Waals surface area contributed by atoms with E-state index in [-0.39, 0.29) is 47.4 Å². The van der Waals surface area contributed by atoms with Gasteiger partial charge in [0.05, 0.1) is 51.5 Å². The quantitative estimate of drug-likeness (QED) is 0.0554. The summed E-state index contributed by atoms with van der Waals surface area (Å²) in [6.07, 6.45) is 8.88. The molecule has 0 unspecified atom stereocenters. The minimum Gasteiger partial charge on any atom is -0.491 e. The molecule has 5 fully saturated rings. The number of pyridine rings is 1. The van der Waals surface area contributed by atoms with Crippen LogP contribution < -0.4 is 38.8 Å². The van der Waals surface area contributed by atoms with Gasteiger partial charge < -0.3 is 48.9 Å². The fourth-order valence-electron chi connectivity index (χ4n) is 14.1. The summed E-state index contributed by atoms with van der Waals surface area (Å²) in [6.45, 7) is 13.4. The number of aliphatic hydroxyl groups is 1. The monoisotopic (exact) mass is 1170 g/mol. The number of sulfonamides is 1. The van der Waals surface area contributed by atoms with E-state index >= 15 is 0 Å². The summed E-state index contributed by atoms with van der Waals surface area (Å²) in [5.41, 5.74) is 4.37. The van der Waals surface area contributed by atoms with Gasteiger partial charge in [0.15, 0.2) is 11.5 Å². The predicted octanol–water partition coefficient (Wildman–Crippen LogP) is 9.50. The number of rotatable bonds is 15. The number of amides is 1. The van der Waals surface area contributed by atoms with Gasteiger partial charge in [-0.1, -0.05) is 24.3 Å². The Labute approximate surface area is 489 Å². The molecule has 4 N–H and O–H groups in total. The molecule has 2 aromatic heterocycles. The predicted molar refractivity (Wildman–Crippen MR) is 318 cm³/mol. The Bertz CT molecular complexity index is 3550. The van der Waals surface area contributed by atoms with Gasteiger partial charge in [-0.25, -0.2) is 13.1 Å². The third kappa shape index (κ3) is 11.3. The van der Waals surface area contributed by atoms with E-state index in [1.807, 2.05) is 43.5 Å². The van der Waals surface area contributed by atoms with E-state index < -0.39 is 43.1 Å². The van der Waals surface area contributed by atoms with Gasteiger partial charge in [0.2, 0.25) is 5.88 Å². The third-order valence-corrected chi connectivity index (χ3v) is 20.0. The van der Waals surface area contributed by atoms with Gasteiger partial charge in [-0.3, -0.25) is 24.7 Å². The lowest BCUT2D eigenvalue weighted by Crippen LogP contribution is -2.59. The van der Waals surface area contributed by atoms with Gasteiger partial charge in [0.1, 0.15) is 42.1 Å². The van der Waals surface area contributed by atoms with Crippen molar-refractivity contribution < 1.29 is 46.9 Å². The van der Waals surface area contributed by atoms with Crippen LogP contribution in [0.5, 0.6) is 23.1 Å². The van der Waals surface area contributed by atoms with Crippen LogP contribution in [0.3, 0.4) is 0 Å². The second-order valence-electron chi connectivity index (χ2n) is 24.8. The minimum absolute atomic E-state index is 0.0366. The summed E-state index contributed by atoms with van der Waals surface area (Å²) >= 11 is 0. The zero-order valence-corrected chi connectivity index (χ0v) is 48.8. The number of nitro benzene ring substituents is 1. The fraction of sp³-hybridized carbons (Fsp3) is 0.492. The van der Waals surface area contributed by atoms with E-state index in [9.17, 15) is 28.4 Å². The van der Waals surface area contributed by atoms with Gasteiger partial charge in [0.25, 0.3) is 21.6 Å². The number of nitrogens with zero attached hydrogens (tertiary/aromatic N) is 6. The number of carbonyl (C=O) groups is 1. The molecule has 21 heteroatoms. The van der Waals surface area contributed by atoms with Crippen molar-refractivity contribution in [3.63, 3.8) is 0 Å². The van der Waals surface area contributed by atoms with Crippen molar-refractivity contribution in [1.29, 1.82) is 0 Å². The maximum atomic E-state index is 14.9. The first kappa shape index (κ1) is 56.0. The van der Waals surface area contributed by atoms with E-state index in [2.05, 4.69) is 84.9 Å². The number of benzene rings is 4. The van der Waals surface area contributed by atoms with Crippen LogP contribution in [0, 0.1) is 21.4 Å². The highest BCUT2D eigenvalue weighted by atomic mass is 32.2. The average molecular weight is 1170 g/mol. The van der Waals surface area contributed by atoms with Crippen molar-refractivity contribution in [2.45, 2.75) is 126 Å². The highest BCUT2D eigenvalue weighted by Crippen LogP contribution is 2.54. The zero-order chi connectivity index (χ0) is 57.9. The highest BCUT2D eigenvalue weighted by Gasteiger charge is 2.51. The number of piperazine rings is 1. The zero-order valence-electron chi connectivity index (χ0n) is 48.0. The molecular weight excluding hydrogens is 1090 g/mol. The summed E-state index contributed by atoms with van der Waals surface area (Å²) in [5.74, 6) is 2.20. The van der Waals surface area contributed by atoms with Crippen molar-refractivity contribution in [2.24, 2.45) is 11.3 Å².